The smallest absolute Gasteiger partial charge is 0.196 e. The summed E-state index contributed by atoms with van der Waals surface area (Å²) in [6.07, 6.45) is 0.692. The molecule has 1 heterocycles. The lowest BCUT2D eigenvalue weighted by Crippen LogP contribution is -2.09. The third-order valence-corrected chi connectivity index (χ3v) is 3.45. The standard InChI is InChI=1S/C13H15BrFNO/c1-7-5-8-12(11(15)10(7)14)16-9(17-8)6-13(2,3)4/h5H,6H2,1-4H3. The van der Waals surface area contributed by atoms with Gasteiger partial charge in [0.2, 0.25) is 0 Å². The van der Waals surface area contributed by atoms with Crippen LogP contribution in [-0.2, 0) is 6.42 Å². The number of rotatable bonds is 1. The van der Waals surface area contributed by atoms with Crippen LogP contribution in [0.1, 0.15) is 32.2 Å². The number of aromatic nitrogens is 1. The average molecular weight is 300 g/mol. The first-order valence-corrected chi connectivity index (χ1v) is 6.31. The van der Waals surface area contributed by atoms with E-state index in [1.165, 1.54) is 0 Å². The van der Waals surface area contributed by atoms with Crippen LogP contribution in [0.3, 0.4) is 0 Å². The molecule has 0 aliphatic rings. The summed E-state index contributed by atoms with van der Waals surface area (Å²) in [5.74, 6) is 0.243. The van der Waals surface area contributed by atoms with Crippen molar-refractivity contribution < 1.29 is 8.81 Å². The van der Waals surface area contributed by atoms with Crippen molar-refractivity contribution in [3.05, 3.63) is 27.8 Å². The van der Waals surface area contributed by atoms with Gasteiger partial charge in [0.1, 0.15) is 5.52 Å². The minimum atomic E-state index is -0.344. The Labute approximate surface area is 108 Å². The van der Waals surface area contributed by atoms with E-state index in [1.54, 1.807) is 0 Å². The number of oxazole rings is 1. The molecule has 0 atom stereocenters. The molecule has 0 aliphatic heterocycles. The van der Waals surface area contributed by atoms with Crippen LogP contribution in [0.5, 0.6) is 0 Å². The van der Waals surface area contributed by atoms with Crippen molar-refractivity contribution in [2.75, 3.05) is 0 Å². The summed E-state index contributed by atoms with van der Waals surface area (Å²) >= 11 is 3.21. The molecule has 92 valence electrons. The first kappa shape index (κ1) is 12.6. The van der Waals surface area contributed by atoms with Crippen molar-refractivity contribution in [2.24, 2.45) is 5.41 Å². The Morgan fingerprint density at radius 1 is 1.41 bits per heavy atom. The van der Waals surface area contributed by atoms with Crippen LogP contribution in [-0.4, -0.2) is 4.98 Å². The lowest BCUT2D eigenvalue weighted by Gasteiger charge is -2.14. The quantitative estimate of drug-likeness (QED) is 0.767. The summed E-state index contributed by atoms with van der Waals surface area (Å²) in [6, 6.07) is 1.81. The van der Waals surface area contributed by atoms with Gasteiger partial charge in [-0.15, -0.1) is 0 Å². The topological polar surface area (TPSA) is 26.0 Å². The molecule has 2 nitrogen and oxygen atoms in total. The van der Waals surface area contributed by atoms with E-state index in [9.17, 15) is 4.39 Å². The highest BCUT2D eigenvalue weighted by Crippen LogP contribution is 2.30. The molecule has 0 saturated carbocycles. The van der Waals surface area contributed by atoms with E-state index in [0.717, 1.165) is 5.56 Å². The Hall–Kier alpha value is -0.900. The molecule has 1 aromatic heterocycles. The Balaban J connectivity index is 2.55. The zero-order chi connectivity index (χ0) is 12.8. The van der Waals surface area contributed by atoms with Crippen LogP contribution in [0.25, 0.3) is 11.1 Å². The first-order valence-electron chi connectivity index (χ1n) is 5.52. The minimum Gasteiger partial charge on any atom is -0.441 e. The number of hydrogen-bond acceptors (Lipinski definition) is 2. The summed E-state index contributed by atoms with van der Waals surface area (Å²) in [5.41, 5.74) is 1.71. The van der Waals surface area contributed by atoms with E-state index in [4.69, 9.17) is 4.42 Å². The summed E-state index contributed by atoms with van der Waals surface area (Å²) in [5, 5.41) is 0. The maximum Gasteiger partial charge on any atom is 0.196 e. The number of nitrogens with zero attached hydrogens (tertiary/aromatic N) is 1. The van der Waals surface area contributed by atoms with Gasteiger partial charge in [0, 0.05) is 6.42 Å². The SMILES string of the molecule is Cc1cc2oc(CC(C)(C)C)nc2c(F)c1Br. The monoisotopic (exact) mass is 299 g/mol. The maximum atomic E-state index is 13.9. The predicted octanol–water partition coefficient (Wildman–Crippen LogP) is 4.63. The molecule has 0 amide bonds. The Bertz CT molecular complexity index is 569. The molecule has 0 saturated heterocycles. The molecule has 0 unspecified atom stereocenters. The van der Waals surface area contributed by atoms with Gasteiger partial charge in [-0.2, -0.15) is 0 Å². The van der Waals surface area contributed by atoms with Gasteiger partial charge in [-0.1, -0.05) is 20.8 Å². The maximum absolute atomic E-state index is 13.9. The largest absolute Gasteiger partial charge is 0.441 e. The first-order chi connectivity index (χ1) is 7.78. The van der Waals surface area contributed by atoms with Crippen molar-refractivity contribution in [3.63, 3.8) is 0 Å². The molecule has 17 heavy (non-hydrogen) atoms. The second-order valence-corrected chi connectivity index (χ2v) is 6.31. The predicted molar refractivity (Wildman–Crippen MR) is 69.6 cm³/mol. The van der Waals surface area contributed by atoms with Gasteiger partial charge in [-0.25, -0.2) is 9.37 Å². The molecule has 0 radical (unpaired) electrons. The van der Waals surface area contributed by atoms with Crippen molar-refractivity contribution in [2.45, 2.75) is 34.1 Å². The van der Waals surface area contributed by atoms with Crippen molar-refractivity contribution in [1.82, 2.24) is 4.98 Å². The molecule has 0 spiro atoms. The second-order valence-electron chi connectivity index (χ2n) is 5.51. The van der Waals surface area contributed by atoms with E-state index in [2.05, 4.69) is 41.7 Å². The lowest BCUT2D eigenvalue weighted by atomic mass is 9.92. The van der Waals surface area contributed by atoms with E-state index >= 15 is 0 Å². The van der Waals surface area contributed by atoms with E-state index in [0.29, 0.717) is 27.9 Å². The Morgan fingerprint density at radius 3 is 2.65 bits per heavy atom. The fraction of sp³-hybridized carbons (Fsp3) is 0.462. The molecule has 0 fully saturated rings. The number of halogens is 2. The lowest BCUT2D eigenvalue weighted by molar-refractivity contribution is 0.362. The van der Waals surface area contributed by atoms with Gasteiger partial charge in [0.05, 0.1) is 4.47 Å². The van der Waals surface area contributed by atoms with Crippen LogP contribution >= 0.6 is 15.9 Å². The van der Waals surface area contributed by atoms with E-state index in [1.807, 2.05) is 13.0 Å². The highest BCUT2D eigenvalue weighted by molar-refractivity contribution is 9.10. The van der Waals surface area contributed by atoms with Crippen molar-refractivity contribution in [1.29, 1.82) is 0 Å². The van der Waals surface area contributed by atoms with E-state index in [-0.39, 0.29) is 11.2 Å². The molecule has 1 aromatic carbocycles. The summed E-state index contributed by atoms with van der Waals surface area (Å²) in [6.45, 7) is 8.12. The van der Waals surface area contributed by atoms with Crippen LogP contribution in [0.2, 0.25) is 0 Å². The van der Waals surface area contributed by atoms with Gasteiger partial charge < -0.3 is 4.42 Å². The molecule has 0 aliphatic carbocycles. The third kappa shape index (κ3) is 2.51. The third-order valence-electron chi connectivity index (χ3n) is 2.47. The van der Waals surface area contributed by atoms with Crippen molar-refractivity contribution >= 4 is 27.0 Å². The highest BCUT2D eigenvalue weighted by Gasteiger charge is 2.19. The van der Waals surface area contributed by atoms with Crippen molar-refractivity contribution in [3.8, 4) is 0 Å². The number of benzene rings is 1. The molecule has 0 bridgehead atoms. The Morgan fingerprint density at radius 2 is 2.06 bits per heavy atom. The van der Waals surface area contributed by atoms with Gasteiger partial charge in [0.25, 0.3) is 0 Å². The van der Waals surface area contributed by atoms with Crippen LogP contribution < -0.4 is 0 Å². The van der Waals surface area contributed by atoms with E-state index < -0.39 is 0 Å². The van der Waals surface area contributed by atoms with Gasteiger partial charge in [0.15, 0.2) is 17.3 Å². The molecular weight excluding hydrogens is 285 g/mol. The average Bonchev–Trinajstić information content (AvgIpc) is 2.54. The molecular formula is C13H15BrFNO. The minimum absolute atomic E-state index is 0.0730. The molecule has 2 aromatic rings. The van der Waals surface area contributed by atoms with Gasteiger partial charge >= 0.3 is 0 Å². The molecule has 4 heteroatoms. The number of hydrogen-bond donors (Lipinski definition) is 0. The fourth-order valence-electron chi connectivity index (χ4n) is 1.70. The van der Waals surface area contributed by atoms with Gasteiger partial charge in [-0.05, 0) is 39.9 Å². The number of aryl methyl sites for hydroxylation is 1. The second kappa shape index (κ2) is 4.09. The number of fused-ring (bicyclic) bond motifs is 1. The summed E-state index contributed by atoms with van der Waals surface area (Å²) in [7, 11) is 0. The fourth-order valence-corrected chi connectivity index (χ4v) is 2.00. The normalized spacial score (nSPS) is 12.4. The van der Waals surface area contributed by atoms with Crippen LogP contribution in [0, 0.1) is 18.2 Å². The summed E-state index contributed by atoms with van der Waals surface area (Å²) in [4.78, 5) is 4.23. The molecule has 0 N–H and O–H groups in total. The molecule has 2 rings (SSSR count). The zero-order valence-corrected chi connectivity index (χ0v) is 12.0. The summed E-state index contributed by atoms with van der Waals surface area (Å²) < 4.78 is 20.0. The zero-order valence-electron chi connectivity index (χ0n) is 10.4. The van der Waals surface area contributed by atoms with Crippen LogP contribution in [0.4, 0.5) is 4.39 Å². The Kier molecular flexibility index (Phi) is 3.02. The van der Waals surface area contributed by atoms with Gasteiger partial charge in [-0.3, -0.25) is 0 Å². The van der Waals surface area contributed by atoms with Crippen LogP contribution in [0.15, 0.2) is 15.0 Å². The highest BCUT2D eigenvalue weighted by atomic mass is 79.9.